The fraction of sp³-hybridized carbons (Fsp3) is 0.462. The molecule has 0 N–H and O–H groups in total. The maximum Gasteiger partial charge on any atom is 0.210 e. The van der Waals surface area contributed by atoms with Gasteiger partial charge < -0.3 is 48.0 Å². The fourth-order valence-corrected chi connectivity index (χ4v) is 5.39. The molecule has 0 amide bonds. The Morgan fingerprint density at radius 2 is 1.00 bits per heavy atom. The molecule has 6 heteroatoms. The Balaban J connectivity index is 0.00000181. The van der Waals surface area contributed by atoms with Crippen molar-refractivity contribution in [3.05, 3.63) is 57.6 Å². The van der Waals surface area contributed by atoms with Crippen molar-refractivity contribution in [2.45, 2.75) is 65.2 Å². The Kier molecular flexibility index (Phi) is 8.95. The number of halogens is 4. The summed E-state index contributed by atoms with van der Waals surface area (Å²) in [6, 6.07) is 12.6. The molecule has 0 aliphatic carbocycles. The normalized spacial score (nSPS) is 17.6. The molecular formula is C26H32Cl2I2N2. The Morgan fingerprint density at radius 1 is 0.656 bits per heavy atom. The van der Waals surface area contributed by atoms with Crippen LogP contribution in [0.1, 0.15) is 65.5 Å². The highest BCUT2D eigenvalue weighted by atomic mass is 127. The number of hydrogen-bond donors (Lipinski definition) is 0. The standard InChI is InChI=1S/C26H32Cl2N2.2HI/c1-17-25(3,4)21-11-9-19(27)15-23(21)29(17)13-7-8-14-30-18(2)26(5,6)22-12-10-20(28)16-24(22)30;;/h9-12,15-16H,7-8,13-14H2,1-6H3;2*1H/q+2;;/p-2. The van der Waals surface area contributed by atoms with Gasteiger partial charge in [-0.1, -0.05) is 23.2 Å². The molecule has 0 bridgehead atoms. The van der Waals surface area contributed by atoms with Crippen LogP contribution in [0.15, 0.2) is 36.4 Å². The second-order valence-electron chi connectivity index (χ2n) is 9.75. The van der Waals surface area contributed by atoms with Crippen molar-refractivity contribution in [3.8, 4) is 0 Å². The molecule has 174 valence electrons. The lowest BCUT2D eigenvalue weighted by Gasteiger charge is -2.14. The molecule has 32 heavy (non-hydrogen) atoms. The van der Waals surface area contributed by atoms with Gasteiger partial charge in [0.1, 0.15) is 13.1 Å². The Labute approximate surface area is 237 Å². The van der Waals surface area contributed by atoms with Gasteiger partial charge in [-0.3, -0.25) is 0 Å². The van der Waals surface area contributed by atoms with Crippen LogP contribution >= 0.6 is 23.2 Å². The minimum Gasteiger partial charge on any atom is -1.00 e. The smallest absolute Gasteiger partial charge is 0.210 e. The van der Waals surface area contributed by atoms with Crippen LogP contribution in [0.3, 0.4) is 0 Å². The lowest BCUT2D eigenvalue weighted by atomic mass is 9.82. The molecule has 0 unspecified atom stereocenters. The predicted octanol–water partition coefficient (Wildman–Crippen LogP) is 1.27. The molecule has 2 aliphatic rings. The second-order valence-corrected chi connectivity index (χ2v) is 10.6. The molecule has 0 aromatic heterocycles. The summed E-state index contributed by atoms with van der Waals surface area (Å²) in [5.41, 5.74) is 8.21. The zero-order chi connectivity index (χ0) is 21.8. The van der Waals surface area contributed by atoms with Crippen LogP contribution in [-0.2, 0) is 10.8 Å². The largest absolute Gasteiger partial charge is 1.00 e. The molecule has 0 saturated heterocycles. The molecule has 4 rings (SSSR count). The SMILES string of the molecule is CC1=[N+](CCCC[N+]2=C(C)C(C)(C)c3ccc(Cl)cc32)c2cc(Cl)ccc2C1(C)C.[I-].[I-]. The van der Waals surface area contributed by atoms with Gasteiger partial charge in [-0.2, -0.15) is 9.15 Å². The summed E-state index contributed by atoms with van der Waals surface area (Å²) in [5.74, 6) is 0. The van der Waals surface area contributed by atoms with Crippen molar-refractivity contribution in [3.63, 3.8) is 0 Å². The summed E-state index contributed by atoms with van der Waals surface area (Å²) in [5, 5.41) is 1.62. The Morgan fingerprint density at radius 3 is 1.34 bits per heavy atom. The maximum atomic E-state index is 6.32. The number of rotatable bonds is 5. The Bertz CT molecular complexity index is 1010. The summed E-state index contributed by atoms with van der Waals surface area (Å²) in [7, 11) is 0. The second kappa shape index (κ2) is 10.2. The van der Waals surface area contributed by atoms with Crippen LogP contribution in [0, 0.1) is 0 Å². The van der Waals surface area contributed by atoms with Gasteiger partial charge in [0, 0.05) is 60.0 Å². The summed E-state index contributed by atoms with van der Waals surface area (Å²) >= 11 is 12.6. The highest BCUT2D eigenvalue weighted by molar-refractivity contribution is 6.31. The van der Waals surface area contributed by atoms with Crippen LogP contribution in [-0.4, -0.2) is 33.7 Å². The van der Waals surface area contributed by atoms with E-state index >= 15 is 0 Å². The first kappa shape index (κ1) is 28.1. The van der Waals surface area contributed by atoms with E-state index in [0.717, 1.165) is 36.0 Å². The van der Waals surface area contributed by atoms with E-state index in [1.807, 2.05) is 12.1 Å². The van der Waals surface area contributed by atoms with Gasteiger partial charge >= 0.3 is 0 Å². The average Bonchev–Trinajstić information content (AvgIpc) is 2.98. The lowest BCUT2D eigenvalue weighted by Crippen LogP contribution is -3.00. The third-order valence-corrected chi connectivity index (χ3v) is 7.95. The van der Waals surface area contributed by atoms with E-state index in [-0.39, 0.29) is 58.8 Å². The van der Waals surface area contributed by atoms with Crippen LogP contribution in [0.5, 0.6) is 0 Å². The number of benzene rings is 2. The monoisotopic (exact) mass is 696 g/mol. The predicted molar refractivity (Wildman–Crippen MR) is 129 cm³/mol. The number of hydrogen-bond acceptors (Lipinski definition) is 0. The van der Waals surface area contributed by atoms with E-state index in [4.69, 9.17) is 23.2 Å². The van der Waals surface area contributed by atoms with Crippen LogP contribution in [0.25, 0.3) is 0 Å². The quantitative estimate of drug-likeness (QED) is 0.253. The first-order chi connectivity index (χ1) is 14.0. The topological polar surface area (TPSA) is 6.02 Å². The summed E-state index contributed by atoms with van der Waals surface area (Å²) < 4.78 is 4.94. The van der Waals surface area contributed by atoms with E-state index < -0.39 is 0 Å². The third-order valence-electron chi connectivity index (χ3n) is 7.48. The lowest BCUT2D eigenvalue weighted by molar-refractivity contribution is -0.452. The number of nitrogens with zero attached hydrogens (tertiary/aromatic N) is 2. The van der Waals surface area contributed by atoms with Crippen molar-refractivity contribution in [2.24, 2.45) is 0 Å². The highest BCUT2D eigenvalue weighted by Crippen LogP contribution is 2.42. The van der Waals surface area contributed by atoms with Gasteiger partial charge in [0.15, 0.2) is 11.4 Å². The van der Waals surface area contributed by atoms with E-state index in [1.165, 1.54) is 33.9 Å². The van der Waals surface area contributed by atoms with Gasteiger partial charge in [0.05, 0.1) is 10.8 Å². The van der Waals surface area contributed by atoms with Crippen molar-refractivity contribution < 1.29 is 57.1 Å². The molecule has 2 nitrogen and oxygen atoms in total. The van der Waals surface area contributed by atoms with Crippen molar-refractivity contribution in [1.29, 1.82) is 0 Å². The van der Waals surface area contributed by atoms with E-state index in [2.05, 4.69) is 75.0 Å². The van der Waals surface area contributed by atoms with Crippen molar-refractivity contribution in [2.75, 3.05) is 13.1 Å². The van der Waals surface area contributed by atoms with Gasteiger partial charge in [-0.15, -0.1) is 0 Å². The molecular weight excluding hydrogens is 665 g/mol. The summed E-state index contributed by atoms with van der Waals surface area (Å²) in [6.07, 6.45) is 2.25. The molecule has 2 heterocycles. The first-order valence-corrected chi connectivity index (χ1v) is 11.6. The van der Waals surface area contributed by atoms with Crippen LogP contribution in [0.4, 0.5) is 11.4 Å². The number of unbranched alkanes of at least 4 members (excludes halogenated alkanes) is 1. The third kappa shape index (κ3) is 4.67. The van der Waals surface area contributed by atoms with Gasteiger partial charge in [0.25, 0.3) is 0 Å². The highest BCUT2D eigenvalue weighted by Gasteiger charge is 2.44. The van der Waals surface area contributed by atoms with Crippen LogP contribution < -0.4 is 48.0 Å². The molecule has 2 aromatic rings. The minimum atomic E-state index is 0. The first-order valence-electron chi connectivity index (χ1n) is 10.9. The van der Waals surface area contributed by atoms with Gasteiger partial charge in [-0.05, 0) is 52.0 Å². The molecule has 0 atom stereocenters. The van der Waals surface area contributed by atoms with Gasteiger partial charge in [-0.25, -0.2) is 0 Å². The summed E-state index contributed by atoms with van der Waals surface area (Å²) in [4.78, 5) is 0. The fourth-order valence-electron chi connectivity index (χ4n) is 5.06. The number of fused-ring (bicyclic) bond motifs is 2. The van der Waals surface area contributed by atoms with Crippen molar-refractivity contribution in [1.82, 2.24) is 0 Å². The van der Waals surface area contributed by atoms with E-state index in [1.54, 1.807) is 0 Å². The van der Waals surface area contributed by atoms with Crippen molar-refractivity contribution >= 4 is 46.0 Å². The zero-order valence-corrected chi connectivity index (χ0v) is 25.5. The van der Waals surface area contributed by atoms with Gasteiger partial charge in [0.2, 0.25) is 11.4 Å². The molecule has 2 aromatic carbocycles. The molecule has 2 aliphatic heterocycles. The maximum absolute atomic E-state index is 6.32. The molecule has 0 saturated carbocycles. The zero-order valence-electron chi connectivity index (χ0n) is 19.7. The average molecular weight is 697 g/mol. The molecule has 0 fully saturated rings. The minimum absolute atomic E-state index is 0. The van der Waals surface area contributed by atoms with Crippen LogP contribution in [0.2, 0.25) is 10.0 Å². The van der Waals surface area contributed by atoms with E-state index in [0.29, 0.717) is 0 Å². The molecule has 0 radical (unpaired) electrons. The Hall–Kier alpha value is -0.180. The van der Waals surface area contributed by atoms with E-state index in [9.17, 15) is 0 Å². The summed E-state index contributed by atoms with van der Waals surface area (Å²) in [6.45, 7) is 15.8. The molecule has 0 spiro atoms.